The first kappa shape index (κ1) is 14.0. The van der Waals surface area contributed by atoms with Crippen LogP contribution in [0.25, 0.3) is 11.1 Å². The van der Waals surface area contributed by atoms with Crippen molar-refractivity contribution in [2.45, 2.75) is 45.8 Å². The van der Waals surface area contributed by atoms with Gasteiger partial charge >= 0.3 is 0 Å². The third-order valence-electron chi connectivity index (χ3n) is 3.91. The van der Waals surface area contributed by atoms with Gasteiger partial charge in [-0.25, -0.2) is 0 Å². The Kier molecular flexibility index (Phi) is 3.87. The number of fused-ring (bicyclic) bond motifs is 1. The molecule has 1 atom stereocenters. The summed E-state index contributed by atoms with van der Waals surface area (Å²) in [5, 5.41) is 3.55. The molecule has 2 nitrogen and oxygen atoms in total. The van der Waals surface area contributed by atoms with E-state index in [0.29, 0.717) is 6.04 Å². The van der Waals surface area contributed by atoms with Crippen molar-refractivity contribution in [1.29, 1.82) is 0 Å². The van der Waals surface area contributed by atoms with E-state index < -0.39 is 0 Å². The second-order valence-corrected chi connectivity index (χ2v) is 6.12. The van der Waals surface area contributed by atoms with E-state index in [1.807, 2.05) is 6.07 Å². The minimum absolute atomic E-state index is 0.186. The molecule has 1 aliphatic heterocycles. The van der Waals surface area contributed by atoms with Crippen molar-refractivity contribution in [1.82, 2.24) is 0 Å². The molecule has 1 unspecified atom stereocenters. The molecular formula is C19H23NO. The van der Waals surface area contributed by atoms with Gasteiger partial charge in [-0.05, 0) is 62.9 Å². The first-order valence-electron chi connectivity index (χ1n) is 7.79. The standard InChI is InChI=1S/C19H23NO/c1-13(2)21-19-7-5-4-6-17(19)15-10-11-18-16(12-15)9-8-14(3)20-18/h4-7,10-14,20H,8-9H2,1-3H3. The Morgan fingerprint density at radius 3 is 2.76 bits per heavy atom. The van der Waals surface area contributed by atoms with E-state index in [0.717, 1.165) is 12.2 Å². The minimum Gasteiger partial charge on any atom is -0.490 e. The second kappa shape index (κ2) is 5.80. The molecule has 2 aromatic rings. The number of para-hydroxylation sites is 1. The van der Waals surface area contributed by atoms with Gasteiger partial charge in [0.2, 0.25) is 0 Å². The average Bonchev–Trinajstić information content (AvgIpc) is 2.47. The number of aryl methyl sites for hydroxylation is 1. The Morgan fingerprint density at radius 1 is 1.14 bits per heavy atom. The number of nitrogens with one attached hydrogen (secondary N) is 1. The van der Waals surface area contributed by atoms with E-state index in [4.69, 9.17) is 4.74 Å². The molecule has 0 radical (unpaired) electrons. The highest BCUT2D eigenvalue weighted by molar-refractivity contribution is 5.74. The van der Waals surface area contributed by atoms with Crippen molar-refractivity contribution < 1.29 is 4.74 Å². The van der Waals surface area contributed by atoms with E-state index in [-0.39, 0.29) is 6.10 Å². The van der Waals surface area contributed by atoms with Crippen LogP contribution < -0.4 is 10.1 Å². The highest BCUT2D eigenvalue weighted by Crippen LogP contribution is 2.34. The molecule has 0 fully saturated rings. The predicted octanol–water partition coefficient (Wildman–Crippen LogP) is 4.89. The summed E-state index contributed by atoms with van der Waals surface area (Å²) in [4.78, 5) is 0. The second-order valence-electron chi connectivity index (χ2n) is 6.12. The van der Waals surface area contributed by atoms with Gasteiger partial charge in [-0.15, -0.1) is 0 Å². The molecule has 0 saturated heterocycles. The van der Waals surface area contributed by atoms with Crippen LogP contribution in [0.15, 0.2) is 42.5 Å². The Labute approximate surface area is 127 Å². The van der Waals surface area contributed by atoms with Gasteiger partial charge in [0.1, 0.15) is 5.75 Å². The minimum atomic E-state index is 0.186. The van der Waals surface area contributed by atoms with E-state index in [1.54, 1.807) is 0 Å². The Bertz CT molecular complexity index is 633. The Hall–Kier alpha value is -1.96. The largest absolute Gasteiger partial charge is 0.490 e. The lowest BCUT2D eigenvalue weighted by Gasteiger charge is -2.25. The molecule has 1 aliphatic rings. The number of rotatable bonds is 3. The third-order valence-corrected chi connectivity index (χ3v) is 3.91. The van der Waals surface area contributed by atoms with Gasteiger partial charge in [-0.1, -0.05) is 24.3 Å². The maximum Gasteiger partial charge on any atom is 0.127 e. The summed E-state index contributed by atoms with van der Waals surface area (Å²) in [5.41, 5.74) is 5.10. The van der Waals surface area contributed by atoms with Gasteiger partial charge in [0, 0.05) is 17.3 Å². The zero-order valence-electron chi connectivity index (χ0n) is 13.0. The van der Waals surface area contributed by atoms with E-state index in [1.165, 1.54) is 28.8 Å². The van der Waals surface area contributed by atoms with Crippen LogP contribution in [0.5, 0.6) is 5.75 Å². The molecule has 3 rings (SSSR count). The molecule has 110 valence electrons. The molecule has 0 amide bonds. The van der Waals surface area contributed by atoms with Crippen LogP contribution in [-0.4, -0.2) is 12.1 Å². The summed E-state index contributed by atoms with van der Waals surface area (Å²) in [5.74, 6) is 0.963. The summed E-state index contributed by atoms with van der Waals surface area (Å²) in [7, 11) is 0. The fraction of sp³-hybridized carbons (Fsp3) is 0.368. The van der Waals surface area contributed by atoms with Crippen molar-refractivity contribution in [2.24, 2.45) is 0 Å². The quantitative estimate of drug-likeness (QED) is 0.865. The van der Waals surface area contributed by atoms with E-state index in [2.05, 4.69) is 62.5 Å². The molecule has 0 spiro atoms. The first-order chi connectivity index (χ1) is 10.1. The number of benzene rings is 2. The van der Waals surface area contributed by atoms with Crippen LogP contribution in [0, 0.1) is 0 Å². The number of hydrogen-bond donors (Lipinski definition) is 1. The number of anilines is 1. The Morgan fingerprint density at radius 2 is 1.95 bits per heavy atom. The van der Waals surface area contributed by atoms with Crippen molar-refractivity contribution >= 4 is 5.69 Å². The van der Waals surface area contributed by atoms with Crippen molar-refractivity contribution in [2.75, 3.05) is 5.32 Å². The lowest BCUT2D eigenvalue weighted by atomic mass is 9.94. The third kappa shape index (κ3) is 3.05. The molecule has 2 aromatic carbocycles. The van der Waals surface area contributed by atoms with Gasteiger partial charge in [0.05, 0.1) is 6.10 Å². The van der Waals surface area contributed by atoms with Gasteiger partial charge in [-0.3, -0.25) is 0 Å². The highest BCUT2D eigenvalue weighted by atomic mass is 16.5. The first-order valence-corrected chi connectivity index (χ1v) is 7.79. The molecule has 1 N–H and O–H groups in total. The maximum atomic E-state index is 5.95. The molecule has 0 bridgehead atoms. The van der Waals surface area contributed by atoms with Crippen LogP contribution in [0.2, 0.25) is 0 Å². The molecule has 1 heterocycles. The lowest BCUT2D eigenvalue weighted by Crippen LogP contribution is -2.21. The van der Waals surface area contributed by atoms with Crippen LogP contribution in [0.3, 0.4) is 0 Å². The molecule has 0 aliphatic carbocycles. The Balaban J connectivity index is 1.98. The van der Waals surface area contributed by atoms with Gasteiger partial charge < -0.3 is 10.1 Å². The maximum absolute atomic E-state index is 5.95. The normalized spacial score (nSPS) is 17.2. The number of hydrogen-bond acceptors (Lipinski definition) is 2. The van der Waals surface area contributed by atoms with Crippen LogP contribution in [0.1, 0.15) is 32.8 Å². The van der Waals surface area contributed by atoms with E-state index >= 15 is 0 Å². The monoisotopic (exact) mass is 281 g/mol. The SMILES string of the molecule is CC1CCc2cc(-c3ccccc3OC(C)C)ccc2N1. The van der Waals surface area contributed by atoms with Crippen molar-refractivity contribution in [3.8, 4) is 16.9 Å². The lowest BCUT2D eigenvalue weighted by molar-refractivity contribution is 0.243. The van der Waals surface area contributed by atoms with Gasteiger partial charge in [0.15, 0.2) is 0 Å². The molecule has 0 saturated carbocycles. The topological polar surface area (TPSA) is 21.3 Å². The molecule has 21 heavy (non-hydrogen) atoms. The van der Waals surface area contributed by atoms with E-state index in [9.17, 15) is 0 Å². The fourth-order valence-corrected chi connectivity index (χ4v) is 2.88. The predicted molar refractivity (Wildman–Crippen MR) is 89.0 cm³/mol. The number of ether oxygens (including phenoxy) is 1. The summed E-state index contributed by atoms with van der Waals surface area (Å²) in [6, 6.07) is 15.5. The van der Waals surface area contributed by atoms with Gasteiger partial charge in [-0.2, -0.15) is 0 Å². The van der Waals surface area contributed by atoms with Crippen molar-refractivity contribution in [3.63, 3.8) is 0 Å². The van der Waals surface area contributed by atoms with Crippen LogP contribution in [-0.2, 0) is 6.42 Å². The molecular weight excluding hydrogens is 258 g/mol. The molecule has 2 heteroatoms. The zero-order chi connectivity index (χ0) is 14.8. The zero-order valence-corrected chi connectivity index (χ0v) is 13.0. The summed E-state index contributed by atoms with van der Waals surface area (Å²) >= 11 is 0. The fourth-order valence-electron chi connectivity index (χ4n) is 2.88. The van der Waals surface area contributed by atoms with Crippen LogP contribution in [0.4, 0.5) is 5.69 Å². The van der Waals surface area contributed by atoms with Crippen molar-refractivity contribution in [3.05, 3.63) is 48.0 Å². The summed E-state index contributed by atoms with van der Waals surface area (Å²) in [6.45, 7) is 6.37. The average molecular weight is 281 g/mol. The van der Waals surface area contributed by atoms with Gasteiger partial charge in [0.25, 0.3) is 0 Å². The smallest absolute Gasteiger partial charge is 0.127 e. The highest BCUT2D eigenvalue weighted by Gasteiger charge is 2.15. The molecule has 0 aromatic heterocycles. The summed E-state index contributed by atoms with van der Waals surface area (Å²) in [6.07, 6.45) is 2.52. The summed E-state index contributed by atoms with van der Waals surface area (Å²) < 4.78 is 5.95. The van der Waals surface area contributed by atoms with Crippen LogP contribution >= 0.6 is 0 Å².